The van der Waals surface area contributed by atoms with Crippen LogP contribution in [0.25, 0.3) is 0 Å². The largest absolute Gasteiger partial charge is 0.372 e. The van der Waals surface area contributed by atoms with E-state index in [0.717, 1.165) is 0 Å². The van der Waals surface area contributed by atoms with Crippen LogP contribution in [-0.2, 0) is 5.60 Å². The lowest BCUT2D eigenvalue weighted by Crippen LogP contribution is -2.19. The molecule has 0 aliphatic rings. The quantitative estimate of drug-likeness (QED) is 0.641. The molecular weight excluding hydrogens is 172 g/mol. The van der Waals surface area contributed by atoms with E-state index in [1.807, 2.05) is 0 Å². The second-order valence-electron chi connectivity index (χ2n) is 2.31. The third-order valence-electron chi connectivity index (χ3n) is 1.34. The van der Waals surface area contributed by atoms with Crippen molar-refractivity contribution in [2.45, 2.75) is 12.5 Å². The summed E-state index contributed by atoms with van der Waals surface area (Å²) in [5, 5.41) is 9.46. The zero-order valence-corrected chi connectivity index (χ0v) is 7.65. The topological polar surface area (TPSA) is 46.0 Å². The highest BCUT2D eigenvalue weighted by atomic mass is 32.1. The number of hydrogen-bond acceptors (Lipinski definition) is 3. The van der Waals surface area contributed by atoms with Gasteiger partial charge in [0.15, 0.2) is 5.60 Å². The lowest BCUT2D eigenvalue weighted by atomic mass is 10.1. The number of aliphatic hydroxyl groups is 1. The van der Waals surface area contributed by atoms with E-state index in [9.17, 15) is 5.11 Å². The Kier molecular flexibility index (Phi) is 3.74. The van der Waals surface area contributed by atoms with Gasteiger partial charge < -0.3 is 5.11 Å². The molecular formula is C8H10N2OS. The minimum atomic E-state index is -1.31. The minimum absolute atomic E-state index is 0. The van der Waals surface area contributed by atoms with Gasteiger partial charge in [0.05, 0.1) is 6.20 Å². The summed E-state index contributed by atoms with van der Waals surface area (Å²) in [6.45, 7) is 1.50. The molecule has 0 fully saturated rings. The molecule has 0 saturated heterocycles. The summed E-state index contributed by atoms with van der Waals surface area (Å²) in [5.41, 5.74) is -0.920. The van der Waals surface area contributed by atoms with Crippen molar-refractivity contribution in [1.29, 1.82) is 0 Å². The van der Waals surface area contributed by atoms with Gasteiger partial charge in [-0.2, -0.15) is 13.5 Å². The zero-order chi connectivity index (χ0) is 8.32. The molecule has 1 aromatic heterocycles. The van der Waals surface area contributed by atoms with Crippen molar-refractivity contribution in [2.24, 2.45) is 0 Å². The first-order valence-electron chi connectivity index (χ1n) is 3.13. The molecule has 0 bridgehead atoms. The normalized spacial score (nSPS) is 13.8. The van der Waals surface area contributed by atoms with Gasteiger partial charge in [0.2, 0.25) is 0 Å². The monoisotopic (exact) mass is 182 g/mol. The average molecular weight is 182 g/mol. The van der Waals surface area contributed by atoms with Crippen molar-refractivity contribution in [3.63, 3.8) is 0 Å². The van der Waals surface area contributed by atoms with Crippen molar-refractivity contribution in [2.75, 3.05) is 0 Å². The van der Waals surface area contributed by atoms with E-state index in [2.05, 4.69) is 15.9 Å². The fourth-order valence-corrected chi connectivity index (χ4v) is 0.624. The molecule has 0 aromatic carbocycles. The molecule has 1 heterocycles. The summed E-state index contributed by atoms with van der Waals surface area (Å²) < 4.78 is 0. The Balaban J connectivity index is 0.00000121. The van der Waals surface area contributed by atoms with Crippen molar-refractivity contribution < 1.29 is 5.11 Å². The second kappa shape index (κ2) is 4.10. The molecule has 1 atom stereocenters. The van der Waals surface area contributed by atoms with Crippen molar-refractivity contribution in [3.8, 4) is 12.3 Å². The molecule has 3 nitrogen and oxygen atoms in total. The fraction of sp³-hybridized carbons (Fsp3) is 0.250. The van der Waals surface area contributed by atoms with E-state index in [0.29, 0.717) is 5.69 Å². The maximum atomic E-state index is 9.46. The highest BCUT2D eigenvalue weighted by Gasteiger charge is 2.20. The molecule has 0 radical (unpaired) electrons. The molecule has 4 heteroatoms. The average Bonchev–Trinajstić information content (AvgIpc) is 2.06. The molecule has 0 amide bonds. The van der Waals surface area contributed by atoms with Crippen LogP contribution in [0.3, 0.4) is 0 Å². The molecule has 12 heavy (non-hydrogen) atoms. The van der Waals surface area contributed by atoms with Crippen LogP contribution in [0.2, 0.25) is 0 Å². The predicted molar refractivity (Wildman–Crippen MR) is 50.8 cm³/mol. The first-order chi connectivity index (χ1) is 5.17. The number of terminal acetylenes is 1. The van der Waals surface area contributed by atoms with Gasteiger partial charge in [0, 0.05) is 12.4 Å². The van der Waals surface area contributed by atoms with Gasteiger partial charge in [-0.1, -0.05) is 5.92 Å². The fourth-order valence-electron chi connectivity index (χ4n) is 0.624. The van der Waals surface area contributed by atoms with E-state index < -0.39 is 5.60 Å². The molecule has 64 valence electrons. The highest BCUT2D eigenvalue weighted by molar-refractivity contribution is 7.59. The highest BCUT2D eigenvalue weighted by Crippen LogP contribution is 2.14. The minimum Gasteiger partial charge on any atom is -0.372 e. The molecule has 1 N–H and O–H groups in total. The molecule has 0 unspecified atom stereocenters. The Morgan fingerprint density at radius 3 is 2.67 bits per heavy atom. The Hall–Kier alpha value is -1.05. The van der Waals surface area contributed by atoms with Crippen molar-refractivity contribution in [3.05, 3.63) is 24.3 Å². The smallest absolute Gasteiger partial charge is 0.166 e. The SMILES string of the molecule is C#C[C@](C)(O)c1cnccn1.S. The summed E-state index contributed by atoms with van der Waals surface area (Å²) in [6.07, 6.45) is 9.53. The van der Waals surface area contributed by atoms with E-state index in [-0.39, 0.29) is 13.5 Å². The third-order valence-corrected chi connectivity index (χ3v) is 1.34. The van der Waals surface area contributed by atoms with Gasteiger partial charge >= 0.3 is 0 Å². The molecule has 0 aliphatic carbocycles. The number of nitrogens with zero attached hydrogens (tertiary/aromatic N) is 2. The van der Waals surface area contributed by atoms with E-state index >= 15 is 0 Å². The van der Waals surface area contributed by atoms with Crippen LogP contribution in [0.1, 0.15) is 12.6 Å². The van der Waals surface area contributed by atoms with Gasteiger partial charge in [0.1, 0.15) is 5.69 Å². The maximum Gasteiger partial charge on any atom is 0.166 e. The molecule has 0 aliphatic heterocycles. The lowest BCUT2D eigenvalue weighted by Gasteiger charge is -2.13. The van der Waals surface area contributed by atoms with Gasteiger partial charge in [-0.3, -0.25) is 9.97 Å². The van der Waals surface area contributed by atoms with E-state index in [4.69, 9.17) is 6.42 Å². The Morgan fingerprint density at radius 1 is 1.58 bits per heavy atom. The van der Waals surface area contributed by atoms with Gasteiger partial charge in [-0.25, -0.2) is 0 Å². The summed E-state index contributed by atoms with van der Waals surface area (Å²) in [5.74, 6) is 2.21. The molecule has 1 aromatic rings. The number of hydrogen-bond donors (Lipinski definition) is 1. The number of aromatic nitrogens is 2. The molecule has 0 saturated carbocycles. The van der Waals surface area contributed by atoms with Crippen LogP contribution in [0.15, 0.2) is 18.6 Å². The van der Waals surface area contributed by atoms with Crippen molar-refractivity contribution >= 4 is 13.5 Å². The van der Waals surface area contributed by atoms with E-state index in [1.165, 1.54) is 25.5 Å². The van der Waals surface area contributed by atoms with Gasteiger partial charge in [-0.15, -0.1) is 6.42 Å². The van der Waals surface area contributed by atoms with E-state index in [1.54, 1.807) is 0 Å². The summed E-state index contributed by atoms with van der Waals surface area (Å²) in [7, 11) is 0. The standard InChI is InChI=1S/C8H8N2O.H2S/c1-3-8(2,11)7-6-9-4-5-10-7;/h1,4-6,11H,2H3;1H2/t8-;/m0./s1. The van der Waals surface area contributed by atoms with Crippen LogP contribution in [0, 0.1) is 12.3 Å². The Labute approximate surface area is 78.3 Å². The summed E-state index contributed by atoms with van der Waals surface area (Å²) in [6, 6.07) is 0. The Morgan fingerprint density at radius 2 is 2.25 bits per heavy atom. The van der Waals surface area contributed by atoms with Crippen LogP contribution >= 0.6 is 13.5 Å². The first-order valence-corrected chi connectivity index (χ1v) is 3.13. The maximum absolute atomic E-state index is 9.46. The van der Waals surface area contributed by atoms with Gasteiger partial charge in [-0.05, 0) is 6.92 Å². The van der Waals surface area contributed by atoms with Crippen LogP contribution in [-0.4, -0.2) is 15.1 Å². The Bertz CT molecular complexity index is 279. The van der Waals surface area contributed by atoms with Crippen LogP contribution in [0.4, 0.5) is 0 Å². The number of rotatable bonds is 1. The zero-order valence-electron chi connectivity index (χ0n) is 6.65. The molecule has 0 spiro atoms. The first kappa shape index (κ1) is 11.0. The lowest BCUT2D eigenvalue weighted by molar-refractivity contribution is 0.117. The van der Waals surface area contributed by atoms with Crippen molar-refractivity contribution in [1.82, 2.24) is 9.97 Å². The summed E-state index contributed by atoms with van der Waals surface area (Å²) in [4.78, 5) is 7.65. The van der Waals surface area contributed by atoms with Gasteiger partial charge in [0.25, 0.3) is 0 Å². The van der Waals surface area contributed by atoms with Crippen LogP contribution in [0.5, 0.6) is 0 Å². The second-order valence-corrected chi connectivity index (χ2v) is 2.31. The predicted octanol–water partition coefficient (Wildman–Crippen LogP) is 0.430. The third kappa shape index (κ3) is 2.22. The van der Waals surface area contributed by atoms with Crippen LogP contribution < -0.4 is 0 Å². The molecule has 1 rings (SSSR count). The summed E-state index contributed by atoms with van der Waals surface area (Å²) >= 11 is 0.